The fraction of sp³-hybridized carbons (Fsp3) is 0.706. The molecule has 0 fully saturated rings. The first-order chi connectivity index (χ1) is 11.8. The number of halogens is 3. The zero-order valence-electron chi connectivity index (χ0n) is 15.7. The Bertz CT molecular complexity index is 654. The van der Waals surface area contributed by atoms with E-state index in [9.17, 15) is 22.8 Å². The van der Waals surface area contributed by atoms with Crippen LogP contribution in [-0.2, 0) is 16.1 Å². The molecule has 6 nitrogen and oxygen atoms in total. The molecule has 0 saturated heterocycles. The normalized spacial score (nSPS) is 13.1. The van der Waals surface area contributed by atoms with Crippen molar-refractivity contribution in [2.75, 3.05) is 13.1 Å². The molecule has 1 amide bonds. The van der Waals surface area contributed by atoms with E-state index in [1.165, 1.54) is 11.8 Å². The molecular formula is C17H26F3N3O3. The van der Waals surface area contributed by atoms with Gasteiger partial charge in [-0.1, -0.05) is 13.8 Å². The van der Waals surface area contributed by atoms with Gasteiger partial charge in [-0.25, -0.2) is 0 Å². The topological polar surface area (TPSA) is 75.4 Å². The van der Waals surface area contributed by atoms with E-state index >= 15 is 0 Å². The third-order valence-electron chi connectivity index (χ3n) is 4.06. The van der Waals surface area contributed by atoms with Gasteiger partial charge >= 0.3 is 12.1 Å². The summed E-state index contributed by atoms with van der Waals surface area (Å²) in [6, 6.07) is 0. The van der Waals surface area contributed by atoms with Crippen LogP contribution in [0, 0.1) is 19.8 Å². The Morgan fingerprint density at radius 1 is 1.23 bits per heavy atom. The summed E-state index contributed by atoms with van der Waals surface area (Å²) in [5, 5.41) is 12.8. The zero-order valence-corrected chi connectivity index (χ0v) is 15.7. The minimum atomic E-state index is -4.40. The molecule has 1 N–H and O–H groups in total. The number of carbonyl (C=O) groups is 2. The van der Waals surface area contributed by atoms with Crippen LogP contribution in [0.2, 0.25) is 0 Å². The maximum absolute atomic E-state index is 12.9. The maximum Gasteiger partial charge on any atom is 0.408 e. The van der Waals surface area contributed by atoms with Gasteiger partial charge in [0, 0.05) is 24.3 Å². The van der Waals surface area contributed by atoms with Gasteiger partial charge in [-0.15, -0.1) is 0 Å². The summed E-state index contributed by atoms with van der Waals surface area (Å²) in [5.74, 6) is -1.89. The Morgan fingerprint density at radius 2 is 1.81 bits per heavy atom. The molecule has 9 heteroatoms. The summed E-state index contributed by atoms with van der Waals surface area (Å²) in [6.45, 7) is 7.74. The number of carbonyl (C=O) groups excluding carboxylic acids is 1. The largest absolute Gasteiger partial charge is 0.481 e. The molecule has 0 saturated carbocycles. The molecule has 0 radical (unpaired) electrons. The van der Waals surface area contributed by atoms with Crippen LogP contribution in [0.1, 0.15) is 50.1 Å². The summed E-state index contributed by atoms with van der Waals surface area (Å²) in [4.78, 5) is 25.2. The predicted molar refractivity (Wildman–Crippen MR) is 89.8 cm³/mol. The van der Waals surface area contributed by atoms with Gasteiger partial charge in [-0.3, -0.25) is 14.3 Å². The van der Waals surface area contributed by atoms with E-state index in [0.29, 0.717) is 23.5 Å². The number of hydrogen-bond acceptors (Lipinski definition) is 3. The van der Waals surface area contributed by atoms with Gasteiger partial charge < -0.3 is 10.0 Å². The van der Waals surface area contributed by atoms with Crippen molar-refractivity contribution in [2.24, 2.45) is 5.92 Å². The fourth-order valence-corrected chi connectivity index (χ4v) is 3.02. The number of carboxylic acid groups (broad SMARTS) is 1. The van der Waals surface area contributed by atoms with E-state index in [1.54, 1.807) is 13.8 Å². The first-order valence-electron chi connectivity index (χ1n) is 8.44. The predicted octanol–water partition coefficient (Wildman–Crippen LogP) is 3.13. The van der Waals surface area contributed by atoms with Crippen molar-refractivity contribution in [3.8, 4) is 0 Å². The lowest BCUT2D eigenvalue weighted by Gasteiger charge is -2.27. The summed E-state index contributed by atoms with van der Waals surface area (Å²) < 4.78 is 38.9. The van der Waals surface area contributed by atoms with E-state index in [1.807, 2.05) is 13.8 Å². The van der Waals surface area contributed by atoms with Crippen LogP contribution >= 0.6 is 0 Å². The zero-order chi connectivity index (χ0) is 20.2. The molecule has 1 rings (SSSR count). The summed E-state index contributed by atoms with van der Waals surface area (Å²) >= 11 is 0. The van der Waals surface area contributed by atoms with E-state index in [2.05, 4.69) is 5.10 Å². The molecule has 0 aliphatic heterocycles. The average Bonchev–Trinajstić information content (AvgIpc) is 2.74. The Labute approximate surface area is 151 Å². The van der Waals surface area contributed by atoms with Gasteiger partial charge in [0.25, 0.3) is 0 Å². The second kappa shape index (κ2) is 8.55. The molecule has 0 aliphatic carbocycles. The Kier molecular flexibility index (Phi) is 7.23. The van der Waals surface area contributed by atoms with Crippen LogP contribution in [0.4, 0.5) is 13.2 Å². The number of amides is 1. The van der Waals surface area contributed by atoms with Crippen molar-refractivity contribution in [3.05, 3.63) is 17.0 Å². The summed E-state index contributed by atoms with van der Waals surface area (Å²) in [5.41, 5.74) is 1.13. The second-order valence-electron chi connectivity index (χ2n) is 6.90. The molecule has 148 valence electrons. The molecule has 1 aromatic rings. The Hall–Kier alpha value is -2.06. The Balaban J connectivity index is 3.09. The van der Waals surface area contributed by atoms with Crippen LogP contribution < -0.4 is 0 Å². The highest BCUT2D eigenvalue weighted by molar-refractivity contribution is 5.84. The summed E-state index contributed by atoms with van der Waals surface area (Å²) in [7, 11) is 0. The van der Waals surface area contributed by atoms with Crippen LogP contribution in [0.15, 0.2) is 0 Å². The highest BCUT2D eigenvalue weighted by Crippen LogP contribution is 2.28. The molecule has 0 aliphatic rings. The number of alkyl halides is 3. The van der Waals surface area contributed by atoms with Gasteiger partial charge in [0.2, 0.25) is 5.91 Å². The number of nitrogens with zero attached hydrogens (tertiary/aromatic N) is 3. The van der Waals surface area contributed by atoms with Gasteiger partial charge in [-0.2, -0.15) is 18.3 Å². The van der Waals surface area contributed by atoms with Crippen molar-refractivity contribution in [1.82, 2.24) is 14.7 Å². The van der Waals surface area contributed by atoms with Gasteiger partial charge in [-0.05, 0) is 26.7 Å². The molecule has 1 unspecified atom stereocenters. The van der Waals surface area contributed by atoms with Crippen molar-refractivity contribution in [2.45, 2.75) is 59.7 Å². The second-order valence-corrected chi connectivity index (χ2v) is 6.90. The minimum absolute atomic E-state index is 0.0610. The lowest BCUT2D eigenvalue weighted by Crippen LogP contribution is -2.38. The van der Waals surface area contributed by atoms with E-state index in [4.69, 9.17) is 5.11 Å². The molecule has 0 spiro atoms. The van der Waals surface area contributed by atoms with Crippen molar-refractivity contribution < 1.29 is 27.9 Å². The number of aliphatic carboxylic acids is 1. The van der Waals surface area contributed by atoms with Crippen LogP contribution in [0.5, 0.6) is 0 Å². The first-order valence-corrected chi connectivity index (χ1v) is 8.44. The quantitative estimate of drug-likeness (QED) is 0.755. The number of rotatable bonds is 8. The van der Waals surface area contributed by atoms with Crippen LogP contribution in [0.25, 0.3) is 0 Å². The standard InChI is InChI=1S/C17H26F3N3O3/c1-10(2)8-22(7-6-14(24)25)16(26)11(3)15-12(4)21-23(13(15)5)9-17(18,19)20/h10-11H,6-9H2,1-5H3,(H,24,25). The third kappa shape index (κ3) is 6.03. The van der Waals surface area contributed by atoms with Gasteiger partial charge in [0.15, 0.2) is 0 Å². The maximum atomic E-state index is 12.9. The smallest absolute Gasteiger partial charge is 0.408 e. The molecule has 1 atom stereocenters. The molecular weight excluding hydrogens is 351 g/mol. The SMILES string of the molecule is Cc1nn(CC(F)(F)F)c(C)c1C(C)C(=O)N(CCC(=O)O)CC(C)C. The van der Waals surface area contributed by atoms with Crippen molar-refractivity contribution >= 4 is 11.9 Å². The number of aromatic nitrogens is 2. The van der Waals surface area contributed by atoms with Gasteiger partial charge in [0.1, 0.15) is 6.54 Å². The number of carboxylic acids is 1. The van der Waals surface area contributed by atoms with Crippen LogP contribution in [0.3, 0.4) is 0 Å². The number of aryl methyl sites for hydroxylation is 1. The third-order valence-corrected chi connectivity index (χ3v) is 4.06. The molecule has 26 heavy (non-hydrogen) atoms. The molecule has 0 aromatic carbocycles. The average molecular weight is 377 g/mol. The monoisotopic (exact) mass is 377 g/mol. The van der Waals surface area contributed by atoms with Crippen molar-refractivity contribution in [3.63, 3.8) is 0 Å². The van der Waals surface area contributed by atoms with E-state index in [-0.39, 0.29) is 24.8 Å². The Morgan fingerprint density at radius 3 is 2.27 bits per heavy atom. The van der Waals surface area contributed by atoms with E-state index < -0.39 is 24.6 Å². The molecule has 1 heterocycles. The number of hydrogen-bond donors (Lipinski definition) is 1. The molecule has 0 bridgehead atoms. The van der Waals surface area contributed by atoms with E-state index in [0.717, 1.165) is 4.68 Å². The first kappa shape index (κ1) is 22.0. The van der Waals surface area contributed by atoms with Crippen LogP contribution in [-0.4, -0.2) is 50.9 Å². The highest BCUT2D eigenvalue weighted by atomic mass is 19.4. The lowest BCUT2D eigenvalue weighted by atomic mass is 9.97. The van der Waals surface area contributed by atoms with Gasteiger partial charge in [0.05, 0.1) is 18.0 Å². The fourth-order valence-electron chi connectivity index (χ4n) is 3.02. The lowest BCUT2D eigenvalue weighted by molar-refractivity contribution is -0.143. The minimum Gasteiger partial charge on any atom is -0.481 e. The highest BCUT2D eigenvalue weighted by Gasteiger charge is 2.32. The summed E-state index contributed by atoms with van der Waals surface area (Å²) in [6.07, 6.45) is -4.59. The molecule has 1 aromatic heterocycles. The van der Waals surface area contributed by atoms with Crippen molar-refractivity contribution in [1.29, 1.82) is 0 Å².